The van der Waals surface area contributed by atoms with Crippen LogP contribution in [-0.2, 0) is 4.79 Å². The molecule has 1 aliphatic carbocycles. The first-order valence-electron chi connectivity index (χ1n) is 9.17. The van der Waals surface area contributed by atoms with Gasteiger partial charge in [-0.1, -0.05) is 30.3 Å². The number of anilines is 1. The summed E-state index contributed by atoms with van der Waals surface area (Å²) in [5, 5.41) is 3.34. The van der Waals surface area contributed by atoms with E-state index in [0.717, 1.165) is 31.7 Å². The molecule has 1 aliphatic heterocycles. The largest absolute Gasteiger partial charge is 0.355 e. The molecule has 25 heavy (non-hydrogen) atoms. The lowest BCUT2D eigenvalue weighted by Crippen LogP contribution is -2.44. The van der Waals surface area contributed by atoms with Gasteiger partial charge in [0.05, 0.1) is 18.2 Å². The fraction of sp³-hybridized carbons (Fsp3) is 0.450. The summed E-state index contributed by atoms with van der Waals surface area (Å²) in [6.07, 6.45) is 9.52. The molecule has 5 heteroatoms. The summed E-state index contributed by atoms with van der Waals surface area (Å²) in [7, 11) is 0. The third-order valence-corrected chi connectivity index (χ3v) is 5.22. The van der Waals surface area contributed by atoms with Crippen molar-refractivity contribution < 1.29 is 4.79 Å². The van der Waals surface area contributed by atoms with Gasteiger partial charge >= 0.3 is 0 Å². The maximum atomic E-state index is 12.9. The topological polar surface area (TPSA) is 58.1 Å². The summed E-state index contributed by atoms with van der Waals surface area (Å²) in [4.78, 5) is 23.6. The number of carbonyl (C=O) groups is 1. The Bertz CT molecular complexity index is 702. The smallest absolute Gasteiger partial charge is 0.225 e. The van der Waals surface area contributed by atoms with Gasteiger partial charge in [0.2, 0.25) is 5.91 Å². The predicted molar refractivity (Wildman–Crippen MR) is 97.0 cm³/mol. The highest BCUT2D eigenvalue weighted by molar-refractivity contribution is 5.80. The van der Waals surface area contributed by atoms with Crippen LogP contribution in [0.2, 0.25) is 0 Å². The highest BCUT2D eigenvalue weighted by Gasteiger charge is 2.35. The minimum Gasteiger partial charge on any atom is -0.355 e. The number of amides is 1. The lowest BCUT2D eigenvalue weighted by molar-refractivity contribution is -0.126. The van der Waals surface area contributed by atoms with Gasteiger partial charge in [-0.05, 0) is 37.2 Å². The van der Waals surface area contributed by atoms with E-state index in [-0.39, 0.29) is 17.9 Å². The number of carbonyl (C=O) groups excluding carboxylic acids is 1. The Balaban J connectivity index is 1.43. The molecule has 4 rings (SSSR count). The van der Waals surface area contributed by atoms with Gasteiger partial charge in [-0.3, -0.25) is 9.78 Å². The summed E-state index contributed by atoms with van der Waals surface area (Å²) >= 11 is 0. The van der Waals surface area contributed by atoms with Crippen LogP contribution in [0.25, 0.3) is 0 Å². The van der Waals surface area contributed by atoms with E-state index >= 15 is 0 Å². The average molecular weight is 336 g/mol. The van der Waals surface area contributed by atoms with Crippen LogP contribution >= 0.6 is 0 Å². The average Bonchev–Trinajstić information content (AvgIpc) is 3.52. The van der Waals surface area contributed by atoms with Gasteiger partial charge in [0.1, 0.15) is 5.82 Å². The first kappa shape index (κ1) is 16.1. The molecule has 0 spiro atoms. The molecular formula is C20H24N4O. The van der Waals surface area contributed by atoms with E-state index in [4.69, 9.17) is 0 Å². The number of aromatic nitrogens is 2. The molecule has 0 radical (unpaired) electrons. The van der Waals surface area contributed by atoms with Crippen LogP contribution < -0.4 is 10.2 Å². The summed E-state index contributed by atoms with van der Waals surface area (Å²) in [6.45, 7) is 1.66. The lowest BCUT2D eigenvalue weighted by Gasteiger charge is -2.33. The maximum absolute atomic E-state index is 12.9. The van der Waals surface area contributed by atoms with Crippen LogP contribution in [0.5, 0.6) is 0 Å². The highest BCUT2D eigenvalue weighted by Crippen LogP contribution is 2.41. The molecule has 2 atom stereocenters. The van der Waals surface area contributed by atoms with Gasteiger partial charge in [0, 0.05) is 25.5 Å². The third-order valence-electron chi connectivity index (χ3n) is 5.22. The molecule has 130 valence electrons. The van der Waals surface area contributed by atoms with E-state index in [0.29, 0.717) is 5.92 Å². The number of nitrogens with zero attached hydrogens (tertiary/aromatic N) is 3. The fourth-order valence-corrected chi connectivity index (χ4v) is 3.69. The molecule has 2 aliphatic rings. The third kappa shape index (κ3) is 3.81. The number of rotatable bonds is 5. The van der Waals surface area contributed by atoms with Gasteiger partial charge in [-0.25, -0.2) is 4.98 Å². The zero-order valence-electron chi connectivity index (χ0n) is 14.3. The van der Waals surface area contributed by atoms with Gasteiger partial charge in [-0.2, -0.15) is 0 Å². The van der Waals surface area contributed by atoms with Crippen molar-refractivity contribution in [2.24, 2.45) is 11.8 Å². The summed E-state index contributed by atoms with van der Waals surface area (Å²) < 4.78 is 0. The standard InChI is InChI=1S/C20H24N4O/c25-20(23-19(16-8-9-16)15-5-2-1-3-6-15)17-7-4-12-24(14-17)18-13-21-10-11-22-18/h1-3,5-6,10-11,13,16-17,19H,4,7-9,12,14H2,(H,23,25)/t17-,19-/m0/s1. The van der Waals surface area contributed by atoms with E-state index in [1.165, 1.54) is 18.4 Å². The van der Waals surface area contributed by atoms with Gasteiger partial charge in [0.15, 0.2) is 0 Å². The van der Waals surface area contributed by atoms with Crippen molar-refractivity contribution >= 4 is 11.7 Å². The molecule has 2 aromatic rings. The molecule has 1 saturated carbocycles. The van der Waals surface area contributed by atoms with E-state index in [1.54, 1.807) is 18.6 Å². The van der Waals surface area contributed by atoms with E-state index < -0.39 is 0 Å². The van der Waals surface area contributed by atoms with Crippen molar-refractivity contribution in [3.05, 3.63) is 54.5 Å². The van der Waals surface area contributed by atoms with Crippen LogP contribution in [-0.4, -0.2) is 29.0 Å². The Morgan fingerprint density at radius 1 is 1.16 bits per heavy atom. The van der Waals surface area contributed by atoms with Gasteiger partial charge in [-0.15, -0.1) is 0 Å². The van der Waals surface area contributed by atoms with E-state index in [1.807, 2.05) is 18.2 Å². The zero-order valence-corrected chi connectivity index (χ0v) is 14.3. The van der Waals surface area contributed by atoms with E-state index in [9.17, 15) is 4.79 Å². The van der Waals surface area contributed by atoms with Crippen LogP contribution in [0.1, 0.15) is 37.3 Å². The molecule has 1 saturated heterocycles. The SMILES string of the molecule is O=C(N[C@@H](c1ccccc1)C1CC1)[C@H]1CCCN(c2cnccn2)C1. The summed E-state index contributed by atoms with van der Waals surface area (Å²) in [5.74, 6) is 1.64. The second-order valence-corrected chi connectivity index (χ2v) is 7.08. The van der Waals surface area contributed by atoms with Crippen LogP contribution in [0.3, 0.4) is 0 Å². The maximum Gasteiger partial charge on any atom is 0.225 e. The van der Waals surface area contributed by atoms with Crippen molar-refractivity contribution in [1.82, 2.24) is 15.3 Å². The van der Waals surface area contributed by atoms with Crippen LogP contribution in [0.15, 0.2) is 48.9 Å². The minimum atomic E-state index is 0.0146. The molecule has 1 aromatic heterocycles. The number of nitrogens with one attached hydrogen (secondary N) is 1. The first-order chi connectivity index (χ1) is 12.3. The second-order valence-electron chi connectivity index (χ2n) is 7.08. The molecule has 0 unspecified atom stereocenters. The van der Waals surface area contributed by atoms with Crippen molar-refractivity contribution in [2.75, 3.05) is 18.0 Å². The Labute approximate surface area is 148 Å². The molecular weight excluding hydrogens is 312 g/mol. The molecule has 0 bridgehead atoms. The Hall–Kier alpha value is -2.43. The monoisotopic (exact) mass is 336 g/mol. The summed E-state index contributed by atoms with van der Waals surface area (Å²) in [5.41, 5.74) is 1.22. The molecule has 2 fully saturated rings. The van der Waals surface area contributed by atoms with Gasteiger partial charge < -0.3 is 10.2 Å². The number of piperidine rings is 1. The van der Waals surface area contributed by atoms with Crippen molar-refractivity contribution in [3.63, 3.8) is 0 Å². The normalized spacial score (nSPS) is 21.6. The number of hydrogen-bond acceptors (Lipinski definition) is 4. The molecule has 2 heterocycles. The fourth-order valence-electron chi connectivity index (χ4n) is 3.69. The summed E-state index contributed by atoms with van der Waals surface area (Å²) in [6, 6.07) is 10.5. The van der Waals surface area contributed by atoms with Crippen molar-refractivity contribution in [3.8, 4) is 0 Å². The molecule has 1 amide bonds. The number of benzene rings is 1. The number of hydrogen-bond donors (Lipinski definition) is 1. The highest BCUT2D eigenvalue weighted by atomic mass is 16.2. The molecule has 1 N–H and O–H groups in total. The first-order valence-corrected chi connectivity index (χ1v) is 9.17. The minimum absolute atomic E-state index is 0.0146. The van der Waals surface area contributed by atoms with E-state index in [2.05, 4.69) is 32.3 Å². The van der Waals surface area contributed by atoms with Crippen LogP contribution in [0.4, 0.5) is 5.82 Å². The molecule has 1 aromatic carbocycles. The van der Waals surface area contributed by atoms with Crippen LogP contribution in [0, 0.1) is 11.8 Å². The molecule has 5 nitrogen and oxygen atoms in total. The predicted octanol–water partition coefficient (Wildman–Crippen LogP) is 2.96. The Morgan fingerprint density at radius 3 is 2.72 bits per heavy atom. The Morgan fingerprint density at radius 2 is 2.00 bits per heavy atom. The lowest BCUT2D eigenvalue weighted by atomic mass is 9.95. The van der Waals surface area contributed by atoms with Crippen molar-refractivity contribution in [1.29, 1.82) is 0 Å². The van der Waals surface area contributed by atoms with Gasteiger partial charge in [0.25, 0.3) is 0 Å². The Kier molecular flexibility index (Phi) is 4.63. The zero-order chi connectivity index (χ0) is 17.1. The quantitative estimate of drug-likeness (QED) is 0.912. The van der Waals surface area contributed by atoms with Crippen molar-refractivity contribution in [2.45, 2.75) is 31.7 Å². The second kappa shape index (κ2) is 7.21.